The Morgan fingerprint density at radius 1 is 1.16 bits per heavy atom. The SMILES string of the molecule is C/C=C\C=C(\C)c1ccc(-c2nc(CCC)n3ccnc(N)c23)[nH]1.CCCCC.CNC.O=CC(F)(F)F. The third-order valence-electron chi connectivity index (χ3n) is 4.88. The zero-order valence-electron chi connectivity index (χ0n) is 23.6. The summed E-state index contributed by atoms with van der Waals surface area (Å²) >= 11 is 0. The molecule has 0 aliphatic heterocycles. The number of hydrogen-bond acceptors (Lipinski definition) is 5. The predicted molar refractivity (Wildman–Crippen MR) is 152 cm³/mol. The molecule has 0 atom stereocenters. The van der Waals surface area contributed by atoms with Gasteiger partial charge in [0.05, 0.1) is 5.69 Å². The van der Waals surface area contributed by atoms with Crippen molar-refractivity contribution in [3.63, 3.8) is 0 Å². The Morgan fingerprint density at radius 2 is 1.76 bits per heavy atom. The number of halogens is 3. The first kappa shape index (κ1) is 34.6. The fourth-order valence-corrected chi connectivity index (χ4v) is 3.16. The number of nitrogen functional groups attached to an aromatic ring is 1. The maximum absolute atomic E-state index is 10.4. The van der Waals surface area contributed by atoms with E-state index < -0.39 is 12.5 Å². The van der Waals surface area contributed by atoms with E-state index in [1.807, 2.05) is 49.8 Å². The average molecular weight is 537 g/mol. The van der Waals surface area contributed by atoms with Crippen LogP contribution < -0.4 is 11.1 Å². The number of nitrogens with one attached hydrogen (secondary N) is 2. The number of nitrogens with two attached hydrogens (primary N) is 1. The van der Waals surface area contributed by atoms with E-state index in [4.69, 9.17) is 15.5 Å². The van der Waals surface area contributed by atoms with Crippen molar-refractivity contribution in [3.05, 3.63) is 54.3 Å². The third kappa shape index (κ3) is 12.2. The Morgan fingerprint density at radius 3 is 2.24 bits per heavy atom. The van der Waals surface area contributed by atoms with Gasteiger partial charge in [-0.1, -0.05) is 58.3 Å². The Bertz CT molecular complexity index is 1130. The smallest absolute Gasteiger partial charge is 0.382 e. The minimum absolute atomic E-state index is 0.500. The van der Waals surface area contributed by atoms with Crippen molar-refractivity contribution in [1.82, 2.24) is 24.7 Å². The normalized spacial score (nSPS) is 11.3. The van der Waals surface area contributed by atoms with Crippen LogP contribution >= 0.6 is 0 Å². The van der Waals surface area contributed by atoms with Crippen LogP contribution in [0.3, 0.4) is 0 Å². The Kier molecular flexibility index (Phi) is 17.1. The number of hydrogen-bond donors (Lipinski definition) is 3. The molecule has 0 aliphatic rings. The summed E-state index contributed by atoms with van der Waals surface area (Å²) in [7, 11) is 3.75. The number of aromatic amines is 1. The van der Waals surface area contributed by atoms with Crippen LogP contribution in [0.2, 0.25) is 0 Å². The molecular formula is C28H43F3N6O. The molecule has 0 aromatic carbocycles. The molecule has 0 saturated carbocycles. The van der Waals surface area contributed by atoms with Crippen LogP contribution in [0.5, 0.6) is 0 Å². The van der Waals surface area contributed by atoms with Crippen molar-refractivity contribution in [1.29, 1.82) is 0 Å². The number of aldehydes is 1. The number of carbonyl (C=O) groups excluding carboxylic acids is 1. The number of H-pyrrole nitrogens is 1. The van der Waals surface area contributed by atoms with Crippen LogP contribution in [0.4, 0.5) is 19.0 Å². The number of allylic oxidation sites excluding steroid dienone is 4. The molecule has 0 saturated heterocycles. The van der Waals surface area contributed by atoms with E-state index in [0.29, 0.717) is 5.82 Å². The van der Waals surface area contributed by atoms with E-state index in [-0.39, 0.29) is 0 Å². The van der Waals surface area contributed by atoms with E-state index in [1.54, 1.807) is 6.20 Å². The molecule has 212 valence electrons. The second-order valence-electron chi connectivity index (χ2n) is 8.33. The number of rotatable bonds is 7. The number of carbonyl (C=O) groups is 1. The number of aromatic nitrogens is 4. The van der Waals surface area contributed by atoms with Gasteiger partial charge in [0, 0.05) is 24.5 Å². The van der Waals surface area contributed by atoms with Crippen LogP contribution in [0.1, 0.15) is 71.8 Å². The standard InChI is InChI=1S/C19H23N5.C5H12.C2HF3O.C2H7N/c1-4-6-8-13(3)14-9-10-15(22-14)17-18-19(20)21-11-12-24(18)16(23-17)7-5-2;1-3-5-4-2;3-2(4,5)1-6;1-3-2/h4,6,8-12,22H,5,7H2,1-3H3,(H2,20,21);3-5H2,1-2H3;1H;3H,1-2H3/b6-4-,13-8-;;;. The van der Waals surface area contributed by atoms with Gasteiger partial charge in [-0.25, -0.2) is 9.97 Å². The van der Waals surface area contributed by atoms with Gasteiger partial charge in [-0.2, -0.15) is 13.2 Å². The number of alkyl halides is 3. The van der Waals surface area contributed by atoms with E-state index >= 15 is 0 Å². The lowest BCUT2D eigenvalue weighted by molar-refractivity contribution is -0.156. The first-order valence-corrected chi connectivity index (χ1v) is 12.8. The number of aryl methyl sites for hydroxylation is 1. The lowest BCUT2D eigenvalue weighted by Crippen LogP contribution is -2.07. The Hall–Kier alpha value is -3.40. The van der Waals surface area contributed by atoms with Crippen LogP contribution in [0.25, 0.3) is 22.5 Å². The lowest BCUT2D eigenvalue weighted by Gasteiger charge is -2.01. The van der Waals surface area contributed by atoms with Gasteiger partial charge >= 0.3 is 6.18 Å². The second-order valence-corrected chi connectivity index (χ2v) is 8.33. The van der Waals surface area contributed by atoms with E-state index in [2.05, 4.69) is 55.1 Å². The van der Waals surface area contributed by atoms with Crippen LogP contribution in [0.15, 0.2) is 42.8 Å². The number of imidazole rings is 1. The summed E-state index contributed by atoms with van der Waals surface area (Å²) < 4.78 is 33.3. The second kappa shape index (κ2) is 18.8. The van der Waals surface area contributed by atoms with Crippen molar-refractivity contribution < 1.29 is 18.0 Å². The largest absolute Gasteiger partial charge is 0.446 e. The summed E-state index contributed by atoms with van der Waals surface area (Å²) in [4.78, 5) is 21.2. The number of nitrogens with zero attached hydrogens (tertiary/aromatic N) is 3. The van der Waals surface area contributed by atoms with Crippen molar-refractivity contribution >= 4 is 23.2 Å². The third-order valence-corrected chi connectivity index (χ3v) is 4.88. The lowest BCUT2D eigenvalue weighted by atomic mass is 10.2. The molecule has 0 fully saturated rings. The quantitative estimate of drug-likeness (QED) is 0.223. The van der Waals surface area contributed by atoms with E-state index in [0.717, 1.165) is 41.3 Å². The van der Waals surface area contributed by atoms with Gasteiger partial charge in [-0.05, 0) is 52.1 Å². The van der Waals surface area contributed by atoms with Gasteiger partial charge in [0.1, 0.15) is 22.9 Å². The molecule has 0 bridgehead atoms. The molecule has 0 spiro atoms. The summed E-state index contributed by atoms with van der Waals surface area (Å²) in [5.74, 6) is 1.51. The highest BCUT2D eigenvalue weighted by molar-refractivity contribution is 5.84. The molecule has 0 aliphatic carbocycles. The fourth-order valence-electron chi connectivity index (χ4n) is 3.16. The van der Waals surface area contributed by atoms with Gasteiger partial charge in [-0.15, -0.1) is 0 Å². The monoisotopic (exact) mass is 536 g/mol. The maximum Gasteiger partial charge on any atom is 0.446 e. The summed E-state index contributed by atoms with van der Waals surface area (Å²) in [5.41, 5.74) is 11.0. The first-order valence-electron chi connectivity index (χ1n) is 12.8. The van der Waals surface area contributed by atoms with Crippen molar-refractivity contribution in [3.8, 4) is 11.4 Å². The highest BCUT2D eigenvalue weighted by Crippen LogP contribution is 2.29. The Labute approximate surface area is 224 Å². The molecule has 38 heavy (non-hydrogen) atoms. The predicted octanol–water partition coefficient (Wildman–Crippen LogP) is 7.02. The van der Waals surface area contributed by atoms with Gasteiger partial charge in [0.25, 0.3) is 0 Å². The van der Waals surface area contributed by atoms with Crippen LogP contribution in [0, 0.1) is 0 Å². The van der Waals surface area contributed by atoms with Gasteiger partial charge in [0.2, 0.25) is 6.29 Å². The van der Waals surface area contributed by atoms with Crippen LogP contribution in [-0.4, -0.2) is 45.9 Å². The summed E-state index contributed by atoms with van der Waals surface area (Å²) in [6.45, 7) is 10.7. The first-order chi connectivity index (χ1) is 18.0. The molecule has 4 N–H and O–H groups in total. The fraction of sp³-hybridized carbons (Fsp3) is 0.464. The molecule has 0 radical (unpaired) electrons. The molecule has 0 unspecified atom stereocenters. The summed E-state index contributed by atoms with van der Waals surface area (Å²) in [5, 5.41) is 2.75. The van der Waals surface area contributed by atoms with Gasteiger partial charge < -0.3 is 16.0 Å². The maximum atomic E-state index is 10.4. The minimum atomic E-state index is -4.64. The van der Waals surface area contributed by atoms with Gasteiger partial charge in [-0.3, -0.25) is 9.20 Å². The van der Waals surface area contributed by atoms with E-state index in [1.165, 1.54) is 24.8 Å². The highest BCUT2D eigenvalue weighted by atomic mass is 19.4. The summed E-state index contributed by atoms with van der Waals surface area (Å²) in [6, 6.07) is 4.12. The molecule has 3 aromatic rings. The average Bonchev–Trinajstić information content (AvgIpc) is 3.50. The van der Waals surface area contributed by atoms with Gasteiger partial charge in [0.15, 0.2) is 0 Å². The van der Waals surface area contributed by atoms with Crippen molar-refractivity contribution in [2.45, 2.75) is 72.9 Å². The summed E-state index contributed by atoms with van der Waals surface area (Å²) in [6.07, 6.45) is 10.1. The molecular weight excluding hydrogens is 493 g/mol. The number of unbranched alkanes of at least 4 members (excludes halogenated alkanes) is 2. The molecule has 3 heterocycles. The molecule has 7 nitrogen and oxygen atoms in total. The molecule has 3 aromatic heterocycles. The topological polar surface area (TPSA) is 101 Å². The molecule has 3 rings (SSSR count). The highest BCUT2D eigenvalue weighted by Gasteiger charge is 2.24. The zero-order chi connectivity index (χ0) is 29.1. The molecule has 0 amide bonds. The Balaban J connectivity index is 0.000000811. The number of anilines is 1. The molecule has 10 heteroatoms. The van der Waals surface area contributed by atoms with Crippen molar-refractivity contribution in [2.24, 2.45) is 0 Å². The minimum Gasteiger partial charge on any atom is -0.382 e. The van der Waals surface area contributed by atoms with Crippen LogP contribution in [-0.2, 0) is 11.2 Å². The zero-order valence-corrected chi connectivity index (χ0v) is 23.6. The van der Waals surface area contributed by atoms with Crippen molar-refractivity contribution in [2.75, 3.05) is 19.8 Å². The number of fused-ring (bicyclic) bond motifs is 1. The van der Waals surface area contributed by atoms with E-state index in [9.17, 15) is 13.2 Å².